The van der Waals surface area contributed by atoms with Crippen molar-refractivity contribution in [1.29, 1.82) is 0 Å². The van der Waals surface area contributed by atoms with Crippen LogP contribution in [-0.4, -0.2) is 45.6 Å². The monoisotopic (exact) mass is 585 g/mol. The van der Waals surface area contributed by atoms with Crippen LogP contribution in [0.3, 0.4) is 0 Å². The third kappa shape index (κ3) is 6.63. The normalized spacial score (nSPS) is 11.1. The van der Waals surface area contributed by atoms with Crippen LogP contribution in [-0.2, 0) is 23.5 Å². The SMILES string of the molecule is COc1ccc(CCNC(=O)CCCn2c(SCc3cc(=O)n4ccccc4n3)nc3ccccc3c2=O)cc1OC. The first kappa shape index (κ1) is 28.9. The predicted octanol–water partition coefficient (Wildman–Crippen LogP) is 3.85. The third-order valence-electron chi connectivity index (χ3n) is 6.77. The van der Waals surface area contributed by atoms with Crippen molar-refractivity contribution in [2.24, 2.45) is 0 Å². The topological polar surface area (TPSA) is 117 Å². The molecule has 0 bridgehead atoms. The molecule has 0 aliphatic rings. The van der Waals surface area contributed by atoms with Crippen molar-refractivity contribution in [3.8, 4) is 11.5 Å². The van der Waals surface area contributed by atoms with Gasteiger partial charge in [-0.3, -0.25) is 23.4 Å². The van der Waals surface area contributed by atoms with Crippen LogP contribution >= 0.6 is 11.8 Å². The Morgan fingerprint density at radius 3 is 2.60 bits per heavy atom. The lowest BCUT2D eigenvalue weighted by Gasteiger charge is -2.13. The fourth-order valence-electron chi connectivity index (χ4n) is 4.64. The maximum absolute atomic E-state index is 13.4. The number of amides is 1. The quantitative estimate of drug-likeness (QED) is 0.173. The number of hydrogen-bond donors (Lipinski definition) is 1. The Labute approximate surface area is 246 Å². The molecule has 216 valence electrons. The van der Waals surface area contributed by atoms with Crippen LogP contribution in [0.15, 0.2) is 87.7 Å². The Kier molecular flexibility index (Phi) is 9.18. The van der Waals surface area contributed by atoms with Gasteiger partial charge in [-0.1, -0.05) is 36.0 Å². The number of thioether (sulfide) groups is 1. The molecular formula is C31H31N5O5S. The van der Waals surface area contributed by atoms with Crippen molar-refractivity contribution in [3.05, 3.63) is 105 Å². The van der Waals surface area contributed by atoms with Gasteiger partial charge in [0.1, 0.15) is 5.65 Å². The van der Waals surface area contributed by atoms with E-state index in [9.17, 15) is 14.4 Å². The number of nitrogens with one attached hydrogen (secondary N) is 1. The summed E-state index contributed by atoms with van der Waals surface area (Å²) >= 11 is 1.34. The molecule has 5 rings (SSSR count). The summed E-state index contributed by atoms with van der Waals surface area (Å²) in [5.74, 6) is 1.58. The summed E-state index contributed by atoms with van der Waals surface area (Å²) in [4.78, 5) is 47.8. The van der Waals surface area contributed by atoms with Gasteiger partial charge < -0.3 is 14.8 Å². The van der Waals surface area contributed by atoms with Crippen molar-refractivity contribution < 1.29 is 14.3 Å². The zero-order valence-corrected chi connectivity index (χ0v) is 24.2. The number of nitrogens with zero attached hydrogens (tertiary/aromatic N) is 4. The first-order valence-corrected chi connectivity index (χ1v) is 14.5. The van der Waals surface area contributed by atoms with Crippen LogP contribution in [0, 0.1) is 0 Å². The Morgan fingerprint density at radius 2 is 1.76 bits per heavy atom. The minimum Gasteiger partial charge on any atom is -0.493 e. The number of benzene rings is 2. The number of fused-ring (bicyclic) bond motifs is 2. The van der Waals surface area contributed by atoms with Gasteiger partial charge >= 0.3 is 0 Å². The van der Waals surface area contributed by atoms with E-state index in [2.05, 4.69) is 10.3 Å². The van der Waals surface area contributed by atoms with Crippen LogP contribution in [0.25, 0.3) is 16.6 Å². The summed E-state index contributed by atoms with van der Waals surface area (Å²) in [5, 5.41) is 3.98. The van der Waals surface area contributed by atoms with Gasteiger partial charge in [0.25, 0.3) is 11.1 Å². The van der Waals surface area contributed by atoms with Crippen LogP contribution < -0.4 is 25.9 Å². The summed E-state index contributed by atoms with van der Waals surface area (Å²) in [6.07, 6.45) is 3.05. The van der Waals surface area contributed by atoms with Crippen LogP contribution in [0.5, 0.6) is 11.5 Å². The van der Waals surface area contributed by atoms with E-state index in [0.717, 1.165) is 5.56 Å². The highest BCUT2D eigenvalue weighted by Crippen LogP contribution is 2.27. The van der Waals surface area contributed by atoms with E-state index in [1.807, 2.05) is 30.3 Å². The molecule has 42 heavy (non-hydrogen) atoms. The highest BCUT2D eigenvalue weighted by atomic mass is 32.2. The van der Waals surface area contributed by atoms with E-state index >= 15 is 0 Å². The lowest BCUT2D eigenvalue weighted by atomic mass is 10.1. The number of hydrogen-bond acceptors (Lipinski definition) is 8. The fraction of sp³-hybridized carbons (Fsp3) is 0.258. The van der Waals surface area contributed by atoms with Gasteiger partial charge in [0.2, 0.25) is 5.91 Å². The van der Waals surface area contributed by atoms with Gasteiger partial charge in [-0.15, -0.1) is 0 Å². The number of carbonyl (C=O) groups is 1. The predicted molar refractivity (Wildman–Crippen MR) is 163 cm³/mol. The number of para-hydroxylation sites is 1. The van der Waals surface area contributed by atoms with Gasteiger partial charge in [-0.05, 0) is 54.8 Å². The maximum Gasteiger partial charge on any atom is 0.262 e. The molecule has 10 nitrogen and oxygen atoms in total. The molecule has 0 radical (unpaired) electrons. The van der Waals surface area contributed by atoms with Crippen molar-refractivity contribution in [1.82, 2.24) is 24.3 Å². The lowest BCUT2D eigenvalue weighted by molar-refractivity contribution is -0.121. The maximum atomic E-state index is 13.4. The largest absolute Gasteiger partial charge is 0.493 e. The second-order valence-corrected chi connectivity index (χ2v) is 10.5. The standard InChI is InChI=1S/C31H31N5O5S/c1-40-25-13-12-21(18-26(25)41-2)14-15-32-28(37)11-7-17-36-30(39)23-8-3-4-9-24(23)34-31(36)42-20-22-19-29(38)35-16-6-5-10-27(35)33-22/h3-6,8-10,12-13,16,18-19H,7,11,14-15,17,20H2,1-2H3,(H,32,37). The smallest absolute Gasteiger partial charge is 0.262 e. The molecule has 11 heteroatoms. The van der Waals surface area contributed by atoms with Crippen molar-refractivity contribution in [2.75, 3.05) is 20.8 Å². The summed E-state index contributed by atoms with van der Waals surface area (Å²) in [6.45, 7) is 0.807. The van der Waals surface area contributed by atoms with Gasteiger partial charge in [-0.25, -0.2) is 9.97 Å². The van der Waals surface area contributed by atoms with E-state index in [-0.39, 0.29) is 23.4 Å². The first-order chi connectivity index (χ1) is 20.5. The average molecular weight is 586 g/mol. The van der Waals surface area contributed by atoms with Gasteiger partial charge in [0.15, 0.2) is 16.7 Å². The molecular weight excluding hydrogens is 554 g/mol. The van der Waals surface area contributed by atoms with Crippen molar-refractivity contribution in [3.63, 3.8) is 0 Å². The van der Waals surface area contributed by atoms with E-state index in [1.165, 1.54) is 22.2 Å². The number of rotatable bonds is 12. The van der Waals surface area contributed by atoms with E-state index in [4.69, 9.17) is 14.5 Å². The fourth-order valence-corrected chi connectivity index (χ4v) is 5.56. The van der Waals surface area contributed by atoms with Crippen molar-refractivity contribution >= 4 is 34.2 Å². The summed E-state index contributed by atoms with van der Waals surface area (Å²) in [7, 11) is 3.18. The lowest BCUT2D eigenvalue weighted by Crippen LogP contribution is -2.27. The van der Waals surface area contributed by atoms with Crippen LogP contribution in [0.1, 0.15) is 24.1 Å². The zero-order chi connectivity index (χ0) is 29.5. The molecule has 5 aromatic rings. The minimum absolute atomic E-state index is 0.0904. The van der Waals surface area contributed by atoms with Crippen LogP contribution in [0.4, 0.5) is 0 Å². The molecule has 0 aliphatic heterocycles. The Balaban J connectivity index is 1.23. The number of methoxy groups -OCH3 is 2. The number of carbonyl (C=O) groups excluding carboxylic acids is 1. The molecule has 3 aromatic heterocycles. The first-order valence-electron chi connectivity index (χ1n) is 13.5. The Hall–Kier alpha value is -4.64. The third-order valence-corrected chi connectivity index (χ3v) is 7.78. The highest BCUT2D eigenvalue weighted by Gasteiger charge is 2.14. The number of ether oxygens (including phenoxy) is 2. The van der Waals surface area contributed by atoms with E-state index < -0.39 is 0 Å². The molecule has 2 aromatic carbocycles. The molecule has 0 unspecified atom stereocenters. The van der Waals surface area contributed by atoms with Gasteiger partial charge in [0, 0.05) is 37.5 Å². The highest BCUT2D eigenvalue weighted by molar-refractivity contribution is 7.98. The average Bonchev–Trinajstić information content (AvgIpc) is 3.01. The Morgan fingerprint density at radius 1 is 0.952 bits per heavy atom. The van der Waals surface area contributed by atoms with Gasteiger partial charge in [-0.2, -0.15) is 0 Å². The summed E-state index contributed by atoms with van der Waals surface area (Å²) in [6, 6.07) is 19.8. The second kappa shape index (κ2) is 13.3. The van der Waals surface area contributed by atoms with Crippen LogP contribution in [0.2, 0.25) is 0 Å². The molecule has 0 saturated heterocycles. The molecule has 0 spiro atoms. The summed E-state index contributed by atoms with van der Waals surface area (Å²) in [5.41, 5.74) is 2.44. The van der Waals surface area contributed by atoms with Crippen molar-refractivity contribution in [2.45, 2.75) is 36.7 Å². The summed E-state index contributed by atoms with van der Waals surface area (Å²) < 4.78 is 13.7. The second-order valence-electron chi connectivity index (χ2n) is 9.56. The molecule has 0 fully saturated rings. The molecule has 0 atom stereocenters. The number of aromatic nitrogens is 4. The Bertz CT molecular complexity index is 1850. The molecule has 1 N–H and O–H groups in total. The van der Waals surface area contributed by atoms with Gasteiger partial charge in [0.05, 0.1) is 30.8 Å². The minimum atomic E-state index is -0.169. The molecule has 1 amide bonds. The van der Waals surface area contributed by atoms with E-state index in [1.54, 1.807) is 55.3 Å². The van der Waals surface area contributed by atoms with E-state index in [0.29, 0.717) is 70.6 Å². The zero-order valence-electron chi connectivity index (χ0n) is 23.4. The number of pyridine rings is 1. The molecule has 0 saturated carbocycles. The molecule has 0 aliphatic carbocycles. The molecule has 3 heterocycles.